The van der Waals surface area contributed by atoms with Gasteiger partial charge in [-0.25, -0.2) is 0 Å². The maximum Gasteiger partial charge on any atom is 0.208 e. The Morgan fingerprint density at radius 1 is 0.667 bits per heavy atom. The minimum atomic E-state index is 0.287. The van der Waals surface area contributed by atoms with Gasteiger partial charge in [-0.2, -0.15) is 0 Å². The predicted octanol–water partition coefficient (Wildman–Crippen LogP) is 4.59. The molecule has 0 aliphatic carbocycles. The van der Waals surface area contributed by atoms with Gasteiger partial charge >= 0.3 is 0 Å². The summed E-state index contributed by atoms with van der Waals surface area (Å²) in [6.45, 7) is 7.84. The molecule has 0 saturated carbocycles. The van der Waals surface area contributed by atoms with E-state index in [4.69, 9.17) is 0 Å². The van der Waals surface area contributed by atoms with Crippen LogP contribution in [0.2, 0.25) is 0 Å². The summed E-state index contributed by atoms with van der Waals surface area (Å²) in [6.07, 6.45) is 4.19. The Kier molecular flexibility index (Phi) is 3.96. The Labute approximate surface area is 127 Å². The molecule has 2 radical (unpaired) electrons. The van der Waals surface area contributed by atoms with Gasteiger partial charge in [-0.05, 0) is 25.0 Å². The third-order valence-electron chi connectivity index (χ3n) is 4.02. The van der Waals surface area contributed by atoms with Gasteiger partial charge < -0.3 is 9.80 Å². The Morgan fingerprint density at radius 2 is 1.05 bits per heavy atom. The number of hydrogen-bond acceptors (Lipinski definition) is 2. The van der Waals surface area contributed by atoms with Gasteiger partial charge in [0.05, 0.1) is 12.1 Å². The zero-order valence-corrected chi connectivity index (χ0v) is 12.5. The first-order chi connectivity index (χ1) is 10.3. The molecule has 1 aliphatic rings. The van der Waals surface area contributed by atoms with E-state index in [1.54, 1.807) is 0 Å². The molecular formula is C19H20N2. The molecule has 2 nitrogen and oxygen atoms in total. The molecule has 0 amide bonds. The summed E-state index contributed by atoms with van der Waals surface area (Å²) in [7, 11) is 0. The minimum Gasteiger partial charge on any atom is -0.339 e. The second-order valence-corrected chi connectivity index (χ2v) is 5.39. The number of hydrogen-bond donors (Lipinski definition) is 0. The number of nitrogens with zero attached hydrogens (tertiary/aromatic N) is 2. The highest BCUT2D eigenvalue weighted by atomic mass is 15.4. The van der Waals surface area contributed by atoms with Crippen molar-refractivity contribution in [3.05, 3.63) is 90.9 Å². The summed E-state index contributed by atoms with van der Waals surface area (Å²) in [4.78, 5) is 4.27. The molecule has 0 fully saturated rings. The van der Waals surface area contributed by atoms with E-state index < -0.39 is 0 Å². The van der Waals surface area contributed by atoms with Gasteiger partial charge in [0.15, 0.2) is 0 Å². The predicted molar refractivity (Wildman–Crippen MR) is 85.8 cm³/mol. The van der Waals surface area contributed by atoms with E-state index in [2.05, 4.69) is 91.2 Å². The van der Waals surface area contributed by atoms with Crippen molar-refractivity contribution in [3.63, 3.8) is 0 Å². The first-order valence-electron chi connectivity index (χ1n) is 7.37. The normalized spacial score (nSPS) is 17.0. The standard InChI is InChI=1S/C19H20N2/c1-16(18-9-5-3-6-10-18)20-13-14-21(15-20)17(2)19-11-7-4-8-12-19/h3-14,16-17H,1-2H3/t16-,17-/m0/s1. The van der Waals surface area contributed by atoms with Crippen LogP contribution in [0.25, 0.3) is 0 Å². The summed E-state index contributed by atoms with van der Waals surface area (Å²) in [6, 6.07) is 21.6. The van der Waals surface area contributed by atoms with Crippen LogP contribution in [0.5, 0.6) is 0 Å². The van der Waals surface area contributed by atoms with Crippen LogP contribution in [0.1, 0.15) is 37.1 Å². The molecular weight excluding hydrogens is 256 g/mol. The van der Waals surface area contributed by atoms with Crippen LogP contribution >= 0.6 is 0 Å². The maximum atomic E-state index is 3.44. The molecule has 0 aromatic heterocycles. The number of benzene rings is 2. The molecule has 0 spiro atoms. The SMILES string of the molecule is C[C@@H](c1ccccc1)N1[C]N([C@@H](C)c2ccccc2)C=C1. The van der Waals surface area contributed by atoms with Crippen molar-refractivity contribution in [1.82, 2.24) is 9.80 Å². The van der Waals surface area contributed by atoms with Crippen molar-refractivity contribution in [2.45, 2.75) is 25.9 Å². The van der Waals surface area contributed by atoms with E-state index in [0.29, 0.717) is 0 Å². The molecule has 2 atom stereocenters. The molecule has 21 heavy (non-hydrogen) atoms. The fourth-order valence-electron chi connectivity index (χ4n) is 2.56. The van der Waals surface area contributed by atoms with Gasteiger partial charge in [-0.3, -0.25) is 0 Å². The zero-order valence-electron chi connectivity index (χ0n) is 12.5. The van der Waals surface area contributed by atoms with Crippen LogP contribution in [0.4, 0.5) is 0 Å². The summed E-state index contributed by atoms with van der Waals surface area (Å²) in [5, 5.41) is 0. The molecule has 0 unspecified atom stereocenters. The molecule has 0 saturated heterocycles. The Bertz CT molecular complexity index is 538. The molecule has 2 aromatic rings. The van der Waals surface area contributed by atoms with Crippen LogP contribution in [-0.4, -0.2) is 9.80 Å². The first-order valence-corrected chi connectivity index (χ1v) is 7.37. The molecule has 106 valence electrons. The fourth-order valence-corrected chi connectivity index (χ4v) is 2.56. The lowest BCUT2D eigenvalue weighted by Gasteiger charge is -2.28. The van der Waals surface area contributed by atoms with Gasteiger partial charge in [0, 0.05) is 12.4 Å². The average Bonchev–Trinajstić information content (AvgIpc) is 3.05. The third kappa shape index (κ3) is 2.94. The lowest BCUT2D eigenvalue weighted by Crippen LogP contribution is -2.24. The van der Waals surface area contributed by atoms with Gasteiger partial charge in [0.2, 0.25) is 6.67 Å². The highest BCUT2D eigenvalue weighted by Crippen LogP contribution is 2.31. The first kappa shape index (κ1) is 13.7. The van der Waals surface area contributed by atoms with Crippen LogP contribution < -0.4 is 0 Å². The highest BCUT2D eigenvalue weighted by molar-refractivity contribution is 5.23. The van der Waals surface area contributed by atoms with Crippen molar-refractivity contribution in [3.8, 4) is 0 Å². The summed E-state index contributed by atoms with van der Waals surface area (Å²) >= 11 is 0. The Morgan fingerprint density at radius 3 is 1.43 bits per heavy atom. The minimum absolute atomic E-state index is 0.287. The summed E-state index contributed by atoms with van der Waals surface area (Å²) in [5.41, 5.74) is 2.59. The van der Waals surface area contributed by atoms with E-state index in [1.165, 1.54) is 11.1 Å². The van der Waals surface area contributed by atoms with E-state index >= 15 is 0 Å². The third-order valence-corrected chi connectivity index (χ3v) is 4.02. The molecule has 2 aromatic carbocycles. The van der Waals surface area contributed by atoms with Crippen molar-refractivity contribution in [2.24, 2.45) is 0 Å². The van der Waals surface area contributed by atoms with Gasteiger partial charge in [-0.15, -0.1) is 0 Å². The van der Waals surface area contributed by atoms with Gasteiger partial charge in [-0.1, -0.05) is 60.7 Å². The van der Waals surface area contributed by atoms with E-state index in [9.17, 15) is 0 Å². The Balaban J connectivity index is 1.68. The molecule has 1 heterocycles. The molecule has 1 aliphatic heterocycles. The van der Waals surface area contributed by atoms with E-state index in [1.807, 2.05) is 12.1 Å². The number of rotatable bonds is 4. The summed E-state index contributed by atoms with van der Waals surface area (Å²) in [5.74, 6) is 0. The van der Waals surface area contributed by atoms with Crippen molar-refractivity contribution >= 4 is 0 Å². The van der Waals surface area contributed by atoms with Crippen LogP contribution in [0, 0.1) is 6.67 Å². The smallest absolute Gasteiger partial charge is 0.208 e. The molecule has 0 bridgehead atoms. The molecule has 2 heteroatoms. The highest BCUT2D eigenvalue weighted by Gasteiger charge is 2.24. The Hall–Kier alpha value is -2.22. The second-order valence-electron chi connectivity index (χ2n) is 5.39. The van der Waals surface area contributed by atoms with Crippen molar-refractivity contribution in [2.75, 3.05) is 0 Å². The topological polar surface area (TPSA) is 6.48 Å². The van der Waals surface area contributed by atoms with Crippen LogP contribution in [-0.2, 0) is 0 Å². The fraction of sp³-hybridized carbons (Fsp3) is 0.211. The maximum absolute atomic E-state index is 3.44. The second kappa shape index (κ2) is 6.04. The monoisotopic (exact) mass is 276 g/mol. The molecule has 0 N–H and O–H groups in total. The lowest BCUT2D eigenvalue weighted by atomic mass is 10.1. The quantitative estimate of drug-likeness (QED) is 0.805. The molecule has 3 rings (SSSR count). The zero-order chi connectivity index (χ0) is 14.7. The average molecular weight is 276 g/mol. The largest absolute Gasteiger partial charge is 0.339 e. The van der Waals surface area contributed by atoms with Crippen molar-refractivity contribution in [1.29, 1.82) is 0 Å². The van der Waals surface area contributed by atoms with Gasteiger partial charge in [0.1, 0.15) is 0 Å². The van der Waals surface area contributed by atoms with Crippen LogP contribution in [0.15, 0.2) is 73.1 Å². The van der Waals surface area contributed by atoms with Gasteiger partial charge in [0.25, 0.3) is 0 Å². The van der Waals surface area contributed by atoms with Crippen molar-refractivity contribution < 1.29 is 0 Å². The van der Waals surface area contributed by atoms with E-state index in [-0.39, 0.29) is 12.1 Å². The summed E-state index contributed by atoms with van der Waals surface area (Å²) < 4.78 is 0. The van der Waals surface area contributed by atoms with Crippen LogP contribution in [0.3, 0.4) is 0 Å². The lowest BCUT2D eigenvalue weighted by molar-refractivity contribution is 0.259. The van der Waals surface area contributed by atoms with E-state index in [0.717, 1.165) is 0 Å².